The predicted molar refractivity (Wildman–Crippen MR) is 83.7 cm³/mol. The molecule has 0 aliphatic rings. The fourth-order valence-corrected chi connectivity index (χ4v) is 2.57. The van der Waals surface area contributed by atoms with Gasteiger partial charge < -0.3 is 10.8 Å². The minimum Gasteiger partial charge on any atom is -0.372 e. The molecule has 1 atom stereocenters. The Morgan fingerprint density at radius 3 is 2.33 bits per heavy atom. The first kappa shape index (κ1) is 15.3. The number of rotatable bonds is 6. The van der Waals surface area contributed by atoms with Gasteiger partial charge in [0.2, 0.25) is 0 Å². The molecule has 0 aromatic heterocycles. The lowest BCUT2D eigenvalue weighted by atomic mass is 9.82. The van der Waals surface area contributed by atoms with Gasteiger partial charge in [0.1, 0.15) is 0 Å². The van der Waals surface area contributed by atoms with E-state index in [0.29, 0.717) is 11.1 Å². The van der Waals surface area contributed by atoms with Gasteiger partial charge in [0.25, 0.3) is 5.91 Å². The molecule has 110 valence electrons. The van der Waals surface area contributed by atoms with Crippen LogP contribution in [0.2, 0.25) is 0 Å². The van der Waals surface area contributed by atoms with Gasteiger partial charge in [-0.05, 0) is 24.0 Å². The fraction of sp³-hybridized carbons (Fsp3) is 0.278. The Morgan fingerprint density at radius 1 is 1.10 bits per heavy atom. The van der Waals surface area contributed by atoms with E-state index in [1.165, 1.54) is 0 Å². The van der Waals surface area contributed by atoms with Crippen LogP contribution in [0, 0.1) is 0 Å². The van der Waals surface area contributed by atoms with Crippen LogP contribution in [0.4, 0.5) is 0 Å². The Kier molecular flexibility index (Phi) is 4.76. The van der Waals surface area contributed by atoms with Crippen molar-refractivity contribution in [3.8, 4) is 0 Å². The van der Waals surface area contributed by atoms with Crippen LogP contribution in [-0.2, 0) is 16.8 Å². The lowest BCUT2D eigenvalue weighted by Gasteiger charge is -2.28. The van der Waals surface area contributed by atoms with Crippen LogP contribution in [0.1, 0.15) is 36.5 Å². The van der Waals surface area contributed by atoms with Crippen molar-refractivity contribution in [3.63, 3.8) is 0 Å². The van der Waals surface area contributed by atoms with Crippen LogP contribution >= 0.6 is 0 Å². The van der Waals surface area contributed by atoms with Crippen LogP contribution in [-0.4, -0.2) is 11.0 Å². The molecule has 1 amide bonds. The molecule has 3 nitrogen and oxygen atoms in total. The zero-order chi connectivity index (χ0) is 15.3. The first-order valence-corrected chi connectivity index (χ1v) is 7.27. The molecule has 0 aliphatic carbocycles. The van der Waals surface area contributed by atoms with Crippen LogP contribution in [0.3, 0.4) is 0 Å². The largest absolute Gasteiger partial charge is 0.372 e. The van der Waals surface area contributed by atoms with Gasteiger partial charge in [-0.15, -0.1) is 0 Å². The summed E-state index contributed by atoms with van der Waals surface area (Å²) in [6.07, 6.45) is 2.87. The molecule has 21 heavy (non-hydrogen) atoms. The van der Waals surface area contributed by atoms with Crippen molar-refractivity contribution >= 4 is 5.91 Å². The molecule has 0 fully saturated rings. The third-order valence-electron chi connectivity index (χ3n) is 3.75. The maximum Gasteiger partial charge on any atom is 0.258 e. The summed E-state index contributed by atoms with van der Waals surface area (Å²) in [6, 6.07) is 16.3. The quantitative estimate of drug-likeness (QED) is 0.856. The maximum absolute atomic E-state index is 12.0. The Bertz CT molecular complexity index is 610. The summed E-state index contributed by atoms with van der Waals surface area (Å²) >= 11 is 0. The van der Waals surface area contributed by atoms with E-state index in [4.69, 9.17) is 5.73 Å². The summed E-state index contributed by atoms with van der Waals surface area (Å²) in [4.78, 5) is 12.0. The van der Waals surface area contributed by atoms with E-state index >= 15 is 0 Å². The van der Waals surface area contributed by atoms with Gasteiger partial charge in [0, 0.05) is 5.56 Å². The van der Waals surface area contributed by atoms with Crippen molar-refractivity contribution in [1.82, 2.24) is 0 Å². The average molecular weight is 283 g/mol. The van der Waals surface area contributed by atoms with Gasteiger partial charge in [0.05, 0.1) is 0 Å². The predicted octanol–water partition coefficient (Wildman–Crippen LogP) is 2.75. The van der Waals surface area contributed by atoms with Gasteiger partial charge in [0.15, 0.2) is 5.60 Å². The van der Waals surface area contributed by atoms with Crippen molar-refractivity contribution in [3.05, 3.63) is 71.3 Å². The van der Waals surface area contributed by atoms with Crippen LogP contribution in [0.15, 0.2) is 54.6 Å². The Balaban J connectivity index is 2.56. The minimum absolute atomic E-state index is 0.501. The first-order valence-electron chi connectivity index (χ1n) is 7.27. The van der Waals surface area contributed by atoms with E-state index in [1.807, 2.05) is 24.3 Å². The topological polar surface area (TPSA) is 63.3 Å². The SMILES string of the molecule is CCCCc1ccccc1C(O)(C(N)=O)c1ccccc1. The second-order valence-corrected chi connectivity index (χ2v) is 5.20. The van der Waals surface area contributed by atoms with Gasteiger partial charge in [-0.1, -0.05) is 67.9 Å². The van der Waals surface area contributed by atoms with Gasteiger partial charge in [-0.2, -0.15) is 0 Å². The van der Waals surface area contributed by atoms with E-state index in [0.717, 1.165) is 24.8 Å². The van der Waals surface area contributed by atoms with Crippen molar-refractivity contribution in [2.75, 3.05) is 0 Å². The Labute approximate surface area is 125 Å². The molecule has 1 unspecified atom stereocenters. The fourth-order valence-electron chi connectivity index (χ4n) is 2.57. The van der Waals surface area contributed by atoms with Gasteiger partial charge >= 0.3 is 0 Å². The lowest BCUT2D eigenvalue weighted by molar-refractivity contribution is -0.133. The highest BCUT2D eigenvalue weighted by Gasteiger charge is 2.39. The highest BCUT2D eigenvalue weighted by Crippen LogP contribution is 2.32. The number of amides is 1. The minimum atomic E-state index is -1.79. The highest BCUT2D eigenvalue weighted by atomic mass is 16.3. The first-order chi connectivity index (χ1) is 10.1. The van der Waals surface area contributed by atoms with Crippen LogP contribution in [0.5, 0.6) is 0 Å². The van der Waals surface area contributed by atoms with Crippen LogP contribution in [0.25, 0.3) is 0 Å². The molecule has 3 heteroatoms. The summed E-state index contributed by atoms with van der Waals surface area (Å²) in [5, 5.41) is 11.0. The molecular weight excluding hydrogens is 262 g/mol. The van der Waals surface area contributed by atoms with Crippen molar-refractivity contribution in [1.29, 1.82) is 0 Å². The number of aliphatic hydroxyl groups is 1. The molecule has 0 aliphatic heterocycles. The number of hydrogen-bond acceptors (Lipinski definition) is 2. The maximum atomic E-state index is 12.0. The monoisotopic (exact) mass is 283 g/mol. The second kappa shape index (κ2) is 6.55. The summed E-state index contributed by atoms with van der Waals surface area (Å²) < 4.78 is 0. The summed E-state index contributed by atoms with van der Waals surface area (Å²) in [6.45, 7) is 2.11. The number of carbonyl (C=O) groups is 1. The Hall–Kier alpha value is -2.13. The number of benzene rings is 2. The molecule has 0 heterocycles. The van der Waals surface area contributed by atoms with Crippen molar-refractivity contribution < 1.29 is 9.90 Å². The molecular formula is C18H21NO2. The molecule has 2 aromatic carbocycles. The summed E-state index contributed by atoms with van der Waals surface area (Å²) in [5.74, 6) is -0.752. The van der Waals surface area contributed by atoms with Crippen LogP contribution < -0.4 is 5.73 Å². The number of nitrogens with two attached hydrogens (primary N) is 1. The average Bonchev–Trinajstić information content (AvgIpc) is 2.53. The van der Waals surface area contributed by atoms with Gasteiger partial charge in [-0.25, -0.2) is 0 Å². The van der Waals surface area contributed by atoms with E-state index in [2.05, 4.69) is 6.92 Å². The normalized spacial score (nSPS) is 13.6. The molecule has 0 saturated heterocycles. The third-order valence-corrected chi connectivity index (χ3v) is 3.75. The lowest BCUT2D eigenvalue weighted by Crippen LogP contribution is -2.42. The van der Waals surface area contributed by atoms with Gasteiger partial charge in [-0.3, -0.25) is 4.79 Å². The molecule has 2 aromatic rings. The number of unbranched alkanes of at least 4 members (excludes halogenated alkanes) is 1. The van der Waals surface area contributed by atoms with E-state index in [9.17, 15) is 9.90 Å². The Morgan fingerprint density at radius 2 is 1.71 bits per heavy atom. The standard InChI is InChI=1S/C18H21NO2/c1-2-3-9-14-10-7-8-13-16(14)18(21,17(19)20)15-11-5-4-6-12-15/h4-8,10-13,21H,2-3,9H2,1H3,(H2,19,20). The summed E-state index contributed by atoms with van der Waals surface area (Å²) in [7, 11) is 0. The van der Waals surface area contributed by atoms with Crippen molar-refractivity contribution in [2.45, 2.75) is 31.8 Å². The van der Waals surface area contributed by atoms with E-state index in [-0.39, 0.29) is 0 Å². The number of primary amides is 1. The molecule has 0 saturated carbocycles. The molecule has 0 spiro atoms. The molecule has 0 radical (unpaired) electrons. The summed E-state index contributed by atoms with van der Waals surface area (Å²) in [5.41, 5.74) is 5.80. The molecule has 0 bridgehead atoms. The van der Waals surface area contributed by atoms with Crippen molar-refractivity contribution in [2.24, 2.45) is 5.73 Å². The number of hydrogen-bond donors (Lipinski definition) is 2. The number of carbonyl (C=O) groups excluding carboxylic acids is 1. The zero-order valence-corrected chi connectivity index (χ0v) is 12.3. The zero-order valence-electron chi connectivity index (χ0n) is 12.3. The van der Waals surface area contributed by atoms with E-state index < -0.39 is 11.5 Å². The van der Waals surface area contributed by atoms with E-state index in [1.54, 1.807) is 30.3 Å². The molecule has 3 N–H and O–H groups in total. The molecule has 2 rings (SSSR count). The smallest absolute Gasteiger partial charge is 0.258 e. The highest BCUT2D eigenvalue weighted by molar-refractivity contribution is 5.89. The number of aryl methyl sites for hydroxylation is 1. The third kappa shape index (κ3) is 2.98. The second-order valence-electron chi connectivity index (χ2n) is 5.20.